The van der Waals surface area contributed by atoms with Gasteiger partial charge < -0.3 is 9.84 Å². The topological polar surface area (TPSA) is 92.7 Å². The Balaban J connectivity index is 2.16. The van der Waals surface area contributed by atoms with Gasteiger partial charge in [-0.05, 0) is 35.1 Å². The molecule has 2 aromatic rings. The lowest BCUT2D eigenvalue weighted by molar-refractivity contribution is -0.132. The summed E-state index contributed by atoms with van der Waals surface area (Å²) >= 11 is 0. The number of benzene rings is 2. The third-order valence-electron chi connectivity index (χ3n) is 5.73. The highest BCUT2D eigenvalue weighted by Gasteiger charge is 2.51. The first kappa shape index (κ1) is 24.3. The average molecular weight is 468 g/mol. The zero-order chi connectivity index (χ0) is 24.3. The molecule has 0 fully saturated rings. The summed E-state index contributed by atoms with van der Waals surface area (Å²) in [5, 5.41) is 13.0. The summed E-state index contributed by atoms with van der Waals surface area (Å²) in [6, 6.07) is 17.4. The van der Waals surface area contributed by atoms with Gasteiger partial charge in [-0.3, -0.25) is 10.1 Å². The van der Waals surface area contributed by atoms with Gasteiger partial charge in [-0.25, -0.2) is 9.59 Å². The Hall–Kier alpha value is -3.32. The van der Waals surface area contributed by atoms with Gasteiger partial charge in [0.25, 0.3) is 0 Å². The minimum absolute atomic E-state index is 0.0308. The Bertz CT molecular complexity index is 1130. The predicted molar refractivity (Wildman–Crippen MR) is 132 cm³/mol. The van der Waals surface area contributed by atoms with Crippen molar-refractivity contribution >= 4 is 27.9 Å². The molecule has 1 heterocycles. The number of nitrogens with one attached hydrogen (secondary N) is 1. The van der Waals surface area contributed by atoms with Crippen LogP contribution >= 0.6 is 10.0 Å². The molecule has 0 aromatic heterocycles. The molecule has 0 atom stereocenters. The van der Waals surface area contributed by atoms with Crippen LogP contribution in [0.5, 0.6) is 5.75 Å². The Labute approximate surface area is 195 Å². The number of carbonyl (C=O) groups excluding carboxylic acids is 2. The summed E-state index contributed by atoms with van der Waals surface area (Å²) in [6.07, 6.45) is -0.783. The number of carbonyl (C=O) groups is 3. The van der Waals surface area contributed by atoms with E-state index in [9.17, 15) is 19.5 Å². The molecule has 1 aliphatic heterocycles. The average Bonchev–Trinajstić information content (AvgIpc) is 3.03. The molecule has 3 rings (SSSR count). The highest BCUT2D eigenvalue weighted by Crippen LogP contribution is 2.73. The van der Waals surface area contributed by atoms with E-state index in [0.29, 0.717) is 21.8 Å². The van der Waals surface area contributed by atoms with Gasteiger partial charge in [-0.2, -0.15) is 10.0 Å². The lowest BCUT2D eigenvalue weighted by atomic mass is 10.0. The summed E-state index contributed by atoms with van der Waals surface area (Å²) in [4.78, 5) is 39.5. The quantitative estimate of drug-likeness (QED) is 0.497. The van der Waals surface area contributed by atoms with E-state index < -0.39 is 22.1 Å². The highest BCUT2D eigenvalue weighted by atomic mass is 32.3. The first-order valence-electron chi connectivity index (χ1n) is 10.8. The van der Waals surface area contributed by atoms with E-state index in [4.69, 9.17) is 4.74 Å². The number of hydrogen-bond donors (Lipinski definition) is 2. The van der Waals surface area contributed by atoms with E-state index in [1.54, 1.807) is 61.5 Å². The van der Waals surface area contributed by atoms with Crippen LogP contribution in [0.15, 0.2) is 81.7 Å². The number of carboxylic acid groups (broad SMARTS) is 1. The number of allylic oxidation sites excluding steroid dienone is 1. The second kappa shape index (κ2) is 9.67. The maximum atomic E-state index is 13.8. The van der Waals surface area contributed by atoms with Gasteiger partial charge in [0, 0.05) is 10.5 Å². The minimum Gasteiger partial charge on any atom is -0.478 e. The van der Waals surface area contributed by atoms with Crippen molar-refractivity contribution in [1.82, 2.24) is 5.32 Å². The molecule has 2 N–H and O–H groups in total. The zero-order valence-electron chi connectivity index (χ0n) is 19.4. The third kappa shape index (κ3) is 4.33. The molecule has 2 aromatic carbocycles. The van der Waals surface area contributed by atoms with Crippen LogP contribution in [-0.2, 0) is 4.79 Å². The monoisotopic (exact) mass is 467 g/mol. The van der Waals surface area contributed by atoms with Crippen molar-refractivity contribution in [2.45, 2.75) is 45.1 Å². The summed E-state index contributed by atoms with van der Waals surface area (Å²) in [6.45, 7) is 9.53. The van der Waals surface area contributed by atoms with E-state index in [-0.39, 0.29) is 26.9 Å². The maximum absolute atomic E-state index is 13.8. The van der Waals surface area contributed by atoms with Crippen LogP contribution in [-0.4, -0.2) is 33.5 Å². The van der Waals surface area contributed by atoms with Crippen LogP contribution in [0, 0.1) is 0 Å². The summed E-state index contributed by atoms with van der Waals surface area (Å²) in [5.41, 5.74) is 0.850. The van der Waals surface area contributed by atoms with E-state index in [0.717, 1.165) is 0 Å². The Morgan fingerprint density at radius 1 is 0.879 bits per heavy atom. The van der Waals surface area contributed by atoms with Crippen LogP contribution in [0.2, 0.25) is 0 Å². The molecular formula is C26H29NO5S. The number of ketones is 1. The predicted octanol–water partition coefficient (Wildman–Crippen LogP) is 5.86. The van der Waals surface area contributed by atoms with Crippen LogP contribution in [0.4, 0.5) is 4.79 Å². The van der Waals surface area contributed by atoms with Crippen LogP contribution in [0.1, 0.15) is 45.0 Å². The van der Waals surface area contributed by atoms with Gasteiger partial charge in [-0.15, -0.1) is 0 Å². The number of para-hydroxylation sites is 1. The first-order chi connectivity index (χ1) is 15.6. The highest BCUT2D eigenvalue weighted by molar-refractivity contribution is 8.41. The number of Topliss-reactive ketones (excluding diaryl/α,β-unsaturated/α-hetero) is 1. The molecule has 0 saturated heterocycles. The second-order valence-electron chi connectivity index (χ2n) is 8.29. The van der Waals surface area contributed by atoms with Crippen molar-refractivity contribution in [3.05, 3.63) is 87.3 Å². The molecular weight excluding hydrogens is 438 g/mol. The first-order valence-corrected chi connectivity index (χ1v) is 12.5. The Morgan fingerprint density at radius 3 is 1.88 bits per heavy atom. The zero-order valence-corrected chi connectivity index (χ0v) is 20.2. The molecule has 1 amide bonds. The molecule has 0 saturated carbocycles. The molecule has 1 aliphatic rings. The van der Waals surface area contributed by atoms with Gasteiger partial charge >= 0.3 is 12.1 Å². The summed E-state index contributed by atoms with van der Waals surface area (Å²) < 4.78 is 5.41. The normalized spacial score (nSPS) is 16.2. The molecule has 33 heavy (non-hydrogen) atoms. The van der Waals surface area contributed by atoms with Crippen LogP contribution < -0.4 is 10.1 Å². The number of aliphatic carboxylic acids is 1. The van der Waals surface area contributed by atoms with Crippen molar-refractivity contribution in [3.63, 3.8) is 0 Å². The summed E-state index contributed by atoms with van der Waals surface area (Å²) in [5.74, 6) is -1.06. The Morgan fingerprint density at radius 2 is 1.39 bits per heavy atom. The number of hydrogen-bond acceptors (Lipinski definition) is 4. The standard InChI is InChI=1S/C26H29NO5S/c1-16(2)33(17(3)4)23(22(28)19-12-8-6-9-13-19)18(5)21(25(29)30)24(33)27-26(31)32-20-14-10-7-11-15-20/h6-17H,1-5H3,(H,27,31)(H,29,30). The van der Waals surface area contributed by atoms with Crippen molar-refractivity contribution in [2.75, 3.05) is 0 Å². The van der Waals surface area contributed by atoms with Crippen molar-refractivity contribution in [2.24, 2.45) is 0 Å². The minimum atomic E-state index is -2.24. The van der Waals surface area contributed by atoms with Gasteiger partial charge in [0.1, 0.15) is 5.75 Å². The van der Waals surface area contributed by atoms with E-state index in [1.165, 1.54) is 0 Å². The SMILES string of the molecule is CC1=C(C(=O)c2ccccc2)S(C(C)C)(C(C)C)C(NC(=O)Oc2ccccc2)=C1C(=O)O. The summed E-state index contributed by atoms with van der Waals surface area (Å²) in [7, 11) is -2.24. The van der Waals surface area contributed by atoms with Crippen LogP contribution in [0.3, 0.4) is 0 Å². The van der Waals surface area contributed by atoms with Crippen molar-refractivity contribution in [3.8, 4) is 5.75 Å². The third-order valence-corrected chi connectivity index (χ3v) is 10.9. The molecule has 7 heteroatoms. The second-order valence-corrected chi connectivity index (χ2v) is 12.4. The molecule has 0 radical (unpaired) electrons. The molecule has 0 unspecified atom stereocenters. The molecule has 0 aliphatic carbocycles. The lowest BCUT2D eigenvalue weighted by Crippen LogP contribution is -2.36. The molecule has 174 valence electrons. The van der Waals surface area contributed by atoms with Crippen molar-refractivity contribution in [1.29, 1.82) is 0 Å². The maximum Gasteiger partial charge on any atom is 0.417 e. The van der Waals surface area contributed by atoms with E-state index in [1.807, 2.05) is 33.8 Å². The van der Waals surface area contributed by atoms with E-state index >= 15 is 0 Å². The number of ether oxygens (including phenoxy) is 1. The van der Waals surface area contributed by atoms with Gasteiger partial charge in [-0.1, -0.05) is 76.2 Å². The fourth-order valence-electron chi connectivity index (χ4n) is 4.46. The molecule has 6 nitrogen and oxygen atoms in total. The van der Waals surface area contributed by atoms with Gasteiger partial charge in [0.2, 0.25) is 0 Å². The van der Waals surface area contributed by atoms with Crippen LogP contribution in [0.25, 0.3) is 0 Å². The fraction of sp³-hybridized carbons (Fsp3) is 0.269. The largest absolute Gasteiger partial charge is 0.478 e. The van der Waals surface area contributed by atoms with Gasteiger partial charge in [0.15, 0.2) is 5.78 Å². The molecule has 0 bridgehead atoms. The number of rotatable bonds is 7. The fourth-order valence-corrected chi connectivity index (χ4v) is 9.50. The van der Waals surface area contributed by atoms with E-state index in [2.05, 4.69) is 5.32 Å². The molecule has 0 spiro atoms. The van der Waals surface area contributed by atoms with Gasteiger partial charge in [0.05, 0.1) is 10.6 Å². The Kier molecular flexibility index (Phi) is 7.12. The number of amides is 1. The lowest BCUT2D eigenvalue weighted by Gasteiger charge is -2.48. The number of carboxylic acids is 1. The van der Waals surface area contributed by atoms with Crippen molar-refractivity contribution < 1.29 is 24.2 Å². The smallest absolute Gasteiger partial charge is 0.417 e.